The van der Waals surface area contributed by atoms with Crippen LogP contribution in [0.2, 0.25) is 0 Å². The average Bonchev–Trinajstić information content (AvgIpc) is 2.10. The molecule has 1 rings (SSSR count). The molecular formula is C11H12Cl2O2. The Labute approximate surface area is 99.1 Å². The predicted octanol–water partition coefficient (Wildman–Crippen LogP) is 3.70. The summed E-state index contributed by atoms with van der Waals surface area (Å²) in [5.74, 6) is 0.252. The van der Waals surface area contributed by atoms with Crippen molar-refractivity contribution < 1.29 is 9.53 Å². The summed E-state index contributed by atoms with van der Waals surface area (Å²) in [6, 6.07) is 3.63. The Hall–Kier alpha value is -0.730. The van der Waals surface area contributed by atoms with Crippen molar-refractivity contribution in [2.24, 2.45) is 0 Å². The summed E-state index contributed by atoms with van der Waals surface area (Å²) < 4.78 is 5.09. The summed E-state index contributed by atoms with van der Waals surface area (Å²) in [6.45, 7) is 5.08. The van der Waals surface area contributed by atoms with Gasteiger partial charge in [-0.05, 0) is 42.7 Å². The van der Waals surface area contributed by atoms with Gasteiger partial charge in [0.2, 0.25) is 0 Å². The number of aryl methyl sites for hydroxylation is 2. The largest absolute Gasteiger partial charge is 0.426 e. The predicted molar refractivity (Wildman–Crippen MR) is 61.7 cm³/mol. The maximum atomic E-state index is 10.9. The number of alkyl halides is 2. The lowest BCUT2D eigenvalue weighted by Crippen LogP contribution is -2.05. The van der Waals surface area contributed by atoms with E-state index in [2.05, 4.69) is 0 Å². The van der Waals surface area contributed by atoms with Crippen molar-refractivity contribution >= 4 is 29.2 Å². The van der Waals surface area contributed by atoms with Gasteiger partial charge in [0.1, 0.15) is 10.6 Å². The molecule has 0 heterocycles. The van der Waals surface area contributed by atoms with Crippen molar-refractivity contribution in [3.8, 4) is 5.75 Å². The Balaban J connectivity index is 3.15. The van der Waals surface area contributed by atoms with E-state index in [1.807, 2.05) is 26.0 Å². The molecule has 1 aromatic carbocycles. The molecule has 82 valence electrons. The van der Waals surface area contributed by atoms with E-state index in [9.17, 15) is 4.79 Å². The first-order valence-corrected chi connectivity index (χ1v) is 5.37. The second-order valence-electron chi connectivity index (χ2n) is 3.38. The van der Waals surface area contributed by atoms with Gasteiger partial charge in [-0.2, -0.15) is 0 Å². The Morgan fingerprint density at radius 1 is 1.27 bits per heavy atom. The Morgan fingerprint density at radius 3 is 2.07 bits per heavy atom. The van der Waals surface area contributed by atoms with Crippen molar-refractivity contribution in [1.82, 2.24) is 0 Å². The number of rotatable bonds is 2. The summed E-state index contributed by atoms with van der Waals surface area (Å²) in [7, 11) is 0. The average molecular weight is 247 g/mol. The molecule has 0 saturated heterocycles. The lowest BCUT2D eigenvalue weighted by molar-refractivity contribution is -0.131. The van der Waals surface area contributed by atoms with E-state index >= 15 is 0 Å². The lowest BCUT2D eigenvalue weighted by Gasteiger charge is -2.12. The molecule has 1 aromatic rings. The number of ether oxygens (including phenoxy) is 1. The Bertz CT molecular complexity index is 363. The van der Waals surface area contributed by atoms with Crippen LogP contribution in [0.4, 0.5) is 0 Å². The minimum absolute atomic E-state index is 0.331. The molecule has 0 spiro atoms. The van der Waals surface area contributed by atoms with E-state index in [1.165, 1.54) is 6.92 Å². The minimum Gasteiger partial charge on any atom is -0.426 e. The van der Waals surface area contributed by atoms with Crippen LogP contribution in [0, 0.1) is 13.8 Å². The molecule has 0 aliphatic rings. The third kappa shape index (κ3) is 3.11. The molecular weight excluding hydrogens is 235 g/mol. The number of carbonyl (C=O) groups excluding carboxylic acids is 1. The topological polar surface area (TPSA) is 26.3 Å². The molecule has 2 nitrogen and oxygen atoms in total. The number of benzene rings is 1. The highest BCUT2D eigenvalue weighted by Gasteiger charge is 2.11. The zero-order chi connectivity index (χ0) is 11.6. The normalized spacial score (nSPS) is 10.5. The molecule has 0 N–H and O–H groups in total. The minimum atomic E-state index is -0.561. The molecule has 0 radical (unpaired) electrons. The van der Waals surface area contributed by atoms with E-state index in [4.69, 9.17) is 27.9 Å². The fourth-order valence-corrected chi connectivity index (χ4v) is 1.67. The highest BCUT2D eigenvalue weighted by atomic mass is 35.5. The van der Waals surface area contributed by atoms with Gasteiger partial charge in [0.15, 0.2) is 0 Å². The maximum Gasteiger partial charge on any atom is 0.308 e. The van der Waals surface area contributed by atoms with Crippen LogP contribution in [0.15, 0.2) is 12.1 Å². The quantitative estimate of drug-likeness (QED) is 0.452. The molecule has 0 amide bonds. The van der Waals surface area contributed by atoms with Crippen LogP contribution in [0.3, 0.4) is 0 Å². The van der Waals surface area contributed by atoms with Crippen LogP contribution in [0.25, 0.3) is 0 Å². The van der Waals surface area contributed by atoms with E-state index in [0.29, 0.717) is 5.75 Å². The van der Waals surface area contributed by atoms with Crippen LogP contribution in [-0.4, -0.2) is 5.97 Å². The molecule has 0 unspecified atom stereocenters. The second-order valence-corrected chi connectivity index (χ2v) is 4.47. The fourth-order valence-electron chi connectivity index (χ4n) is 1.41. The van der Waals surface area contributed by atoms with E-state index in [0.717, 1.165) is 16.7 Å². The van der Waals surface area contributed by atoms with Gasteiger partial charge >= 0.3 is 5.97 Å². The molecule has 0 bridgehead atoms. The van der Waals surface area contributed by atoms with Crippen LogP contribution in [-0.2, 0) is 4.79 Å². The Kier molecular flexibility index (Phi) is 4.00. The third-order valence-corrected chi connectivity index (χ3v) is 2.48. The summed E-state index contributed by atoms with van der Waals surface area (Å²) in [4.78, 5) is 10.3. The van der Waals surface area contributed by atoms with Crippen LogP contribution in [0.5, 0.6) is 5.75 Å². The summed E-state index contributed by atoms with van der Waals surface area (Å²) >= 11 is 11.5. The van der Waals surface area contributed by atoms with Crippen molar-refractivity contribution in [2.45, 2.75) is 25.6 Å². The molecule has 0 aliphatic heterocycles. The van der Waals surface area contributed by atoms with E-state index in [-0.39, 0.29) is 5.97 Å². The number of hydrogen-bond acceptors (Lipinski definition) is 2. The van der Waals surface area contributed by atoms with Crippen LogP contribution < -0.4 is 4.74 Å². The molecule has 0 fully saturated rings. The Morgan fingerprint density at radius 2 is 1.73 bits per heavy atom. The molecule has 4 heteroatoms. The highest BCUT2D eigenvalue weighted by Crippen LogP contribution is 2.31. The zero-order valence-electron chi connectivity index (χ0n) is 8.80. The van der Waals surface area contributed by atoms with E-state index in [1.54, 1.807) is 0 Å². The molecule has 0 aliphatic carbocycles. The molecule has 15 heavy (non-hydrogen) atoms. The maximum absolute atomic E-state index is 10.9. The first kappa shape index (κ1) is 12.3. The molecule has 0 atom stereocenters. The van der Waals surface area contributed by atoms with Crippen molar-refractivity contribution in [3.05, 3.63) is 28.8 Å². The van der Waals surface area contributed by atoms with Gasteiger partial charge < -0.3 is 4.74 Å². The summed E-state index contributed by atoms with van der Waals surface area (Å²) in [6.07, 6.45) is 0. The number of carbonyl (C=O) groups is 1. The monoisotopic (exact) mass is 246 g/mol. The van der Waals surface area contributed by atoms with Gasteiger partial charge in [0, 0.05) is 6.92 Å². The van der Waals surface area contributed by atoms with E-state index < -0.39 is 4.84 Å². The number of halogens is 2. The molecule has 0 saturated carbocycles. The highest BCUT2D eigenvalue weighted by molar-refractivity contribution is 6.44. The van der Waals surface area contributed by atoms with Gasteiger partial charge in [-0.15, -0.1) is 23.2 Å². The van der Waals surface area contributed by atoms with Crippen molar-refractivity contribution in [2.75, 3.05) is 0 Å². The summed E-state index contributed by atoms with van der Waals surface area (Å²) in [5, 5.41) is 0. The van der Waals surface area contributed by atoms with Gasteiger partial charge in [-0.3, -0.25) is 4.79 Å². The number of esters is 1. The van der Waals surface area contributed by atoms with Gasteiger partial charge in [0.25, 0.3) is 0 Å². The zero-order valence-corrected chi connectivity index (χ0v) is 10.3. The first-order valence-electron chi connectivity index (χ1n) is 4.49. The van der Waals surface area contributed by atoms with Gasteiger partial charge in [0.05, 0.1) is 0 Å². The molecule has 0 aromatic heterocycles. The third-order valence-electron chi connectivity index (χ3n) is 1.98. The standard InChI is InChI=1S/C11H12Cl2O2/c1-6-4-9(11(12)13)5-7(2)10(6)15-8(3)14/h4-5,11H,1-3H3. The second kappa shape index (κ2) is 4.86. The smallest absolute Gasteiger partial charge is 0.308 e. The SMILES string of the molecule is CC(=O)Oc1c(C)cc(C(Cl)Cl)cc1C. The first-order chi connectivity index (χ1) is 6.91. The van der Waals surface area contributed by atoms with Crippen LogP contribution in [0.1, 0.15) is 28.5 Å². The lowest BCUT2D eigenvalue weighted by atomic mass is 10.1. The fraction of sp³-hybridized carbons (Fsp3) is 0.364. The number of hydrogen-bond donors (Lipinski definition) is 0. The van der Waals surface area contributed by atoms with Crippen LogP contribution >= 0.6 is 23.2 Å². The van der Waals surface area contributed by atoms with Gasteiger partial charge in [-0.1, -0.05) is 0 Å². The van der Waals surface area contributed by atoms with Crippen molar-refractivity contribution in [3.63, 3.8) is 0 Å². The summed E-state index contributed by atoms with van der Waals surface area (Å²) in [5.41, 5.74) is 2.52. The van der Waals surface area contributed by atoms with Crippen molar-refractivity contribution in [1.29, 1.82) is 0 Å². The van der Waals surface area contributed by atoms with Gasteiger partial charge in [-0.25, -0.2) is 0 Å².